The first-order valence-electron chi connectivity index (χ1n) is 4.79. The molecule has 72 valence electrons. The molecule has 2 nitrogen and oxygen atoms in total. The normalized spacial score (nSPS) is 24.8. The summed E-state index contributed by atoms with van der Waals surface area (Å²) in [5.41, 5.74) is 0. The van der Waals surface area contributed by atoms with Crippen molar-refractivity contribution < 1.29 is 0 Å². The minimum atomic E-state index is 0.687. The van der Waals surface area contributed by atoms with Crippen LogP contribution in [0.15, 0.2) is 17.5 Å². The zero-order valence-electron chi connectivity index (χ0n) is 7.99. The van der Waals surface area contributed by atoms with Gasteiger partial charge in [-0.1, -0.05) is 6.07 Å². The maximum Gasteiger partial charge on any atom is 0.0266 e. The summed E-state index contributed by atoms with van der Waals surface area (Å²) in [5.74, 6) is 0. The monoisotopic (exact) mass is 196 g/mol. The molecule has 1 fully saturated rings. The Morgan fingerprint density at radius 1 is 1.69 bits per heavy atom. The highest BCUT2D eigenvalue weighted by molar-refractivity contribution is 7.09. The third-order valence-electron chi connectivity index (χ3n) is 2.66. The van der Waals surface area contributed by atoms with E-state index in [1.165, 1.54) is 17.8 Å². The molecule has 1 unspecified atom stereocenters. The van der Waals surface area contributed by atoms with Crippen LogP contribution in [-0.2, 0) is 6.42 Å². The Kier molecular flexibility index (Phi) is 2.98. The van der Waals surface area contributed by atoms with Crippen LogP contribution in [0.2, 0.25) is 0 Å². The fraction of sp³-hybridized carbons (Fsp3) is 0.600. The molecule has 2 heterocycles. The summed E-state index contributed by atoms with van der Waals surface area (Å²) in [4.78, 5) is 3.96. The molecule has 13 heavy (non-hydrogen) atoms. The quantitative estimate of drug-likeness (QED) is 0.764. The van der Waals surface area contributed by atoms with Gasteiger partial charge in [-0.2, -0.15) is 0 Å². The molecule has 0 bridgehead atoms. The Morgan fingerprint density at radius 3 is 3.31 bits per heavy atom. The fourth-order valence-corrected chi connectivity index (χ4v) is 2.53. The van der Waals surface area contributed by atoms with E-state index >= 15 is 0 Å². The van der Waals surface area contributed by atoms with Gasteiger partial charge in [0, 0.05) is 30.6 Å². The van der Waals surface area contributed by atoms with E-state index in [0.717, 1.165) is 13.1 Å². The first kappa shape index (κ1) is 9.19. The Balaban J connectivity index is 1.93. The van der Waals surface area contributed by atoms with Gasteiger partial charge in [0.2, 0.25) is 0 Å². The van der Waals surface area contributed by atoms with E-state index in [0.29, 0.717) is 6.04 Å². The molecule has 0 aliphatic carbocycles. The first-order chi connectivity index (χ1) is 6.36. The summed E-state index contributed by atoms with van der Waals surface area (Å²) < 4.78 is 0. The smallest absolute Gasteiger partial charge is 0.0266 e. The molecule has 1 saturated heterocycles. The molecule has 3 heteroatoms. The van der Waals surface area contributed by atoms with Crippen LogP contribution < -0.4 is 5.32 Å². The summed E-state index contributed by atoms with van der Waals surface area (Å²) in [5, 5.41) is 5.60. The van der Waals surface area contributed by atoms with Crippen molar-refractivity contribution in [2.45, 2.75) is 12.5 Å². The molecule has 0 radical (unpaired) electrons. The second-order valence-electron chi connectivity index (χ2n) is 3.62. The van der Waals surface area contributed by atoms with Crippen LogP contribution in [0.3, 0.4) is 0 Å². The minimum Gasteiger partial charge on any atom is -0.314 e. The second kappa shape index (κ2) is 4.22. The highest BCUT2D eigenvalue weighted by atomic mass is 32.1. The molecule has 0 amide bonds. The predicted molar refractivity (Wildman–Crippen MR) is 57.3 cm³/mol. The van der Waals surface area contributed by atoms with Gasteiger partial charge < -0.3 is 10.2 Å². The van der Waals surface area contributed by atoms with Gasteiger partial charge in [0.25, 0.3) is 0 Å². The zero-order chi connectivity index (χ0) is 9.10. The molecule has 1 aliphatic rings. The molecular weight excluding hydrogens is 180 g/mol. The minimum absolute atomic E-state index is 0.687. The fourth-order valence-electron chi connectivity index (χ4n) is 1.75. The van der Waals surface area contributed by atoms with Crippen LogP contribution in [0, 0.1) is 0 Å². The standard InChI is InChI=1S/C10H16N2S/c1-12-5-4-11-8-9(12)7-10-3-2-6-13-10/h2-3,6,9,11H,4-5,7-8H2,1H3. The molecule has 0 spiro atoms. The van der Waals surface area contributed by atoms with Gasteiger partial charge in [0.1, 0.15) is 0 Å². The molecule has 1 N–H and O–H groups in total. The molecule has 1 aromatic heterocycles. The van der Waals surface area contributed by atoms with E-state index in [1.807, 2.05) is 11.3 Å². The molecule has 0 saturated carbocycles. The van der Waals surface area contributed by atoms with Crippen molar-refractivity contribution in [2.75, 3.05) is 26.7 Å². The van der Waals surface area contributed by atoms with E-state index in [-0.39, 0.29) is 0 Å². The predicted octanol–water partition coefficient (Wildman–Crippen LogP) is 1.19. The summed E-state index contributed by atoms with van der Waals surface area (Å²) in [6, 6.07) is 5.05. The lowest BCUT2D eigenvalue weighted by atomic mass is 10.1. The zero-order valence-corrected chi connectivity index (χ0v) is 8.81. The van der Waals surface area contributed by atoms with Crippen molar-refractivity contribution in [3.05, 3.63) is 22.4 Å². The molecule has 2 rings (SSSR count). The summed E-state index contributed by atoms with van der Waals surface area (Å²) in [6.07, 6.45) is 1.20. The van der Waals surface area contributed by atoms with E-state index in [9.17, 15) is 0 Å². The number of hydrogen-bond acceptors (Lipinski definition) is 3. The molecule has 1 atom stereocenters. The van der Waals surface area contributed by atoms with Crippen LogP contribution >= 0.6 is 11.3 Å². The third kappa shape index (κ3) is 2.30. The van der Waals surface area contributed by atoms with Gasteiger partial charge in [-0.3, -0.25) is 0 Å². The van der Waals surface area contributed by atoms with Gasteiger partial charge in [-0.05, 0) is 24.9 Å². The van der Waals surface area contributed by atoms with E-state index < -0.39 is 0 Å². The van der Waals surface area contributed by atoms with Crippen LogP contribution in [0.4, 0.5) is 0 Å². The van der Waals surface area contributed by atoms with E-state index in [1.54, 1.807) is 0 Å². The van der Waals surface area contributed by atoms with Crippen molar-refractivity contribution in [1.29, 1.82) is 0 Å². The van der Waals surface area contributed by atoms with Gasteiger partial charge in [-0.25, -0.2) is 0 Å². The molecule has 1 aromatic rings. The van der Waals surface area contributed by atoms with E-state index in [4.69, 9.17) is 0 Å². The SMILES string of the molecule is CN1CCNCC1Cc1cccs1. The van der Waals surface area contributed by atoms with Gasteiger partial charge in [0.05, 0.1) is 0 Å². The summed E-state index contributed by atoms with van der Waals surface area (Å²) >= 11 is 1.86. The molecule has 1 aliphatic heterocycles. The summed E-state index contributed by atoms with van der Waals surface area (Å²) in [7, 11) is 2.22. The maximum atomic E-state index is 3.44. The van der Waals surface area contributed by atoms with Crippen LogP contribution in [0.1, 0.15) is 4.88 Å². The Bertz CT molecular complexity index is 245. The number of likely N-dealkylation sites (N-methyl/N-ethyl adjacent to an activating group) is 1. The Labute approximate surface area is 83.6 Å². The Morgan fingerprint density at radius 2 is 2.62 bits per heavy atom. The van der Waals surface area contributed by atoms with Crippen molar-refractivity contribution in [3.8, 4) is 0 Å². The van der Waals surface area contributed by atoms with Crippen LogP contribution in [0.5, 0.6) is 0 Å². The number of rotatable bonds is 2. The Hall–Kier alpha value is -0.380. The number of thiophene rings is 1. The van der Waals surface area contributed by atoms with Crippen molar-refractivity contribution in [3.63, 3.8) is 0 Å². The number of hydrogen-bond donors (Lipinski definition) is 1. The highest BCUT2D eigenvalue weighted by Gasteiger charge is 2.18. The van der Waals surface area contributed by atoms with Crippen LogP contribution in [0.25, 0.3) is 0 Å². The summed E-state index contributed by atoms with van der Waals surface area (Å²) in [6.45, 7) is 3.45. The van der Waals surface area contributed by atoms with Gasteiger partial charge in [-0.15, -0.1) is 11.3 Å². The van der Waals surface area contributed by atoms with E-state index in [2.05, 4.69) is 34.8 Å². The van der Waals surface area contributed by atoms with Crippen molar-refractivity contribution in [2.24, 2.45) is 0 Å². The largest absolute Gasteiger partial charge is 0.314 e. The third-order valence-corrected chi connectivity index (χ3v) is 3.56. The number of nitrogens with zero attached hydrogens (tertiary/aromatic N) is 1. The molecule has 0 aromatic carbocycles. The molecular formula is C10H16N2S. The highest BCUT2D eigenvalue weighted by Crippen LogP contribution is 2.14. The number of nitrogens with one attached hydrogen (secondary N) is 1. The topological polar surface area (TPSA) is 15.3 Å². The average Bonchev–Trinajstić information content (AvgIpc) is 2.61. The lowest BCUT2D eigenvalue weighted by molar-refractivity contribution is 0.200. The second-order valence-corrected chi connectivity index (χ2v) is 4.65. The van der Waals surface area contributed by atoms with Gasteiger partial charge >= 0.3 is 0 Å². The lowest BCUT2D eigenvalue weighted by Gasteiger charge is -2.32. The first-order valence-corrected chi connectivity index (χ1v) is 5.67. The number of piperazine rings is 1. The van der Waals surface area contributed by atoms with Crippen molar-refractivity contribution in [1.82, 2.24) is 10.2 Å². The van der Waals surface area contributed by atoms with Crippen molar-refractivity contribution >= 4 is 11.3 Å². The van der Waals surface area contributed by atoms with Crippen LogP contribution in [-0.4, -0.2) is 37.6 Å². The maximum absolute atomic E-state index is 3.44. The average molecular weight is 196 g/mol. The lowest BCUT2D eigenvalue weighted by Crippen LogP contribution is -2.50. The van der Waals surface area contributed by atoms with Gasteiger partial charge in [0.15, 0.2) is 0 Å².